The van der Waals surface area contributed by atoms with Crippen LogP contribution in [0.3, 0.4) is 0 Å². The van der Waals surface area contributed by atoms with Crippen molar-refractivity contribution in [3.63, 3.8) is 0 Å². The minimum atomic E-state index is -0.740. The first-order valence-electron chi connectivity index (χ1n) is 10.6. The lowest BCUT2D eigenvalue weighted by molar-refractivity contribution is -0.137. The van der Waals surface area contributed by atoms with Crippen LogP contribution in [0.5, 0.6) is 5.75 Å². The number of carbonyl (C=O) groups is 1. The number of rotatable bonds is 7. The van der Waals surface area contributed by atoms with Gasteiger partial charge in [0.25, 0.3) is 0 Å². The highest BCUT2D eigenvalue weighted by molar-refractivity contribution is 5.78. The second-order valence-electron chi connectivity index (χ2n) is 8.21. The fourth-order valence-corrected chi connectivity index (χ4v) is 4.56. The third-order valence-electron chi connectivity index (χ3n) is 6.12. The molecule has 3 aromatic carbocycles. The van der Waals surface area contributed by atoms with Gasteiger partial charge in [-0.25, -0.2) is 0 Å². The molecule has 31 heavy (non-hydrogen) atoms. The lowest BCUT2D eigenvalue weighted by Gasteiger charge is -2.21. The van der Waals surface area contributed by atoms with Gasteiger partial charge in [0.05, 0.1) is 18.1 Å². The smallest absolute Gasteiger partial charge is 0.303 e. The second-order valence-corrected chi connectivity index (χ2v) is 8.21. The number of aryl methyl sites for hydroxylation is 1. The molecule has 2 unspecified atom stereocenters. The average molecular weight is 412 g/mol. The molecule has 0 amide bonds. The summed E-state index contributed by atoms with van der Waals surface area (Å²) in [5.41, 5.74) is 5.66. The Morgan fingerprint density at radius 1 is 1.13 bits per heavy atom. The van der Waals surface area contributed by atoms with Crippen molar-refractivity contribution in [1.82, 2.24) is 10.2 Å². The van der Waals surface area contributed by atoms with E-state index >= 15 is 0 Å². The summed E-state index contributed by atoms with van der Waals surface area (Å²) in [6, 6.07) is 22.7. The van der Waals surface area contributed by atoms with Crippen LogP contribution in [0.4, 0.5) is 0 Å². The number of nitrogens with zero attached hydrogens (tertiary/aromatic N) is 1. The molecule has 4 aromatic rings. The molecule has 1 aliphatic carbocycles. The molecule has 1 aromatic heterocycles. The highest BCUT2D eigenvalue weighted by atomic mass is 16.5. The molecule has 156 valence electrons. The van der Waals surface area contributed by atoms with Crippen LogP contribution in [-0.4, -0.2) is 21.3 Å². The van der Waals surface area contributed by atoms with Crippen molar-refractivity contribution in [2.45, 2.75) is 37.7 Å². The van der Waals surface area contributed by atoms with Gasteiger partial charge in [-0.05, 0) is 65.3 Å². The summed E-state index contributed by atoms with van der Waals surface area (Å²) < 4.78 is 6.52. The van der Waals surface area contributed by atoms with Crippen LogP contribution in [-0.2, 0) is 17.6 Å². The Bertz CT molecular complexity index is 1220. The highest BCUT2D eigenvalue weighted by Crippen LogP contribution is 2.38. The van der Waals surface area contributed by atoms with Crippen LogP contribution in [0.25, 0.3) is 10.9 Å². The largest absolute Gasteiger partial charge is 0.485 e. The molecule has 2 N–H and O–H groups in total. The topological polar surface area (TPSA) is 75.2 Å². The lowest BCUT2D eigenvalue weighted by atomic mass is 9.97. The zero-order valence-corrected chi connectivity index (χ0v) is 17.1. The maximum atomic E-state index is 11.2. The average Bonchev–Trinajstić information content (AvgIpc) is 3.40. The van der Waals surface area contributed by atoms with Gasteiger partial charge >= 0.3 is 5.97 Å². The fraction of sp³-hybridized carbons (Fsp3) is 0.231. The molecular formula is C26H24N2O3. The molecule has 0 spiro atoms. The Morgan fingerprint density at radius 3 is 2.84 bits per heavy atom. The molecule has 0 fully saturated rings. The van der Waals surface area contributed by atoms with Crippen LogP contribution in [0.1, 0.15) is 47.1 Å². The minimum absolute atomic E-state index is 0.102. The normalized spacial score (nSPS) is 16.2. The van der Waals surface area contributed by atoms with Gasteiger partial charge < -0.3 is 9.84 Å². The molecule has 1 aliphatic rings. The maximum Gasteiger partial charge on any atom is 0.303 e. The van der Waals surface area contributed by atoms with Gasteiger partial charge in [-0.2, -0.15) is 5.10 Å². The number of hydrogen-bond donors (Lipinski definition) is 2. The summed E-state index contributed by atoms with van der Waals surface area (Å²) in [6.45, 7) is 0. The Balaban J connectivity index is 1.44. The highest BCUT2D eigenvalue weighted by Gasteiger charge is 2.25. The van der Waals surface area contributed by atoms with Crippen LogP contribution in [0.2, 0.25) is 0 Å². The summed E-state index contributed by atoms with van der Waals surface area (Å²) in [5, 5.41) is 17.4. The van der Waals surface area contributed by atoms with Crippen molar-refractivity contribution in [2.24, 2.45) is 0 Å². The number of aromatic amines is 1. The van der Waals surface area contributed by atoms with E-state index in [1.54, 1.807) is 0 Å². The lowest BCUT2D eigenvalue weighted by Crippen LogP contribution is -2.11. The van der Waals surface area contributed by atoms with E-state index in [-0.39, 0.29) is 18.4 Å². The third kappa shape index (κ3) is 4.17. The van der Waals surface area contributed by atoms with Crippen LogP contribution in [0, 0.1) is 0 Å². The first-order valence-corrected chi connectivity index (χ1v) is 10.6. The molecule has 0 bridgehead atoms. The van der Waals surface area contributed by atoms with E-state index in [9.17, 15) is 4.79 Å². The summed E-state index contributed by atoms with van der Waals surface area (Å²) in [7, 11) is 0. The van der Waals surface area contributed by atoms with E-state index in [1.165, 1.54) is 11.1 Å². The first kappa shape index (κ1) is 19.4. The quantitative estimate of drug-likeness (QED) is 0.424. The molecule has 1 heterocycles. The van der Waals surface area contributed by atoms with E-state index in [0.717, 1.165) is 47.0 Å². The van der Waals surface area contributed by atoms with Crippen molar-refractivity contribution < 1.29 is 14.6 Å². The summed E-state index contributed by atoms with van der Waals surface area (Å²) in [5.74, 6) is 0.184. The minimum Gasteiger partial charge on any atom is -0.485 e. The van der Waals surface area contributed by atoms with Crippen LogP contribution in [0.15, 0.2) is 72.9 Å². The Morgan fingerprint density at radius 2 is 2.00 bits per heavy atom. The van der Waals surface area contributed by atoms with Gasteiger partial charge in [-0.15, -0.1) is 0 Å². The number of benzene rings is 3. The van der Waals surface area contributed by atoms with Crippen LogP contribution >= 0.6 is 0 Å². The zero-order valence-electron chi connectivity index (χ0n) is 17.1. The molecule has 5 heteroatoms. The SMILES string of the molecule is O=C(O)CC1CCc2cc(OC(Cc3ccccc3)c3ccc4[nH]ncc4c3)ccc21. The number of aromatic nitrogens is 2. The Kier molecular flexibility index (Phi) is 5.16. The standard InChI is InChI=1S/C26H24N2O3/c29-26(30)15-19-7-6-18-14-22(9-10-23(18)19)31-25(12-17-4-2-1-3-5-17)20-8-11-24-21(13-20)16-27-28-24/h1-5,8-11,13-14,16,19,25H,6-7,12,15H2,(H,27,28)(H,29,30). The molecule has 5 nitrogen and oxygen atoms in total. The fourth-order valence-electron chi connectivity index (χ4n) is 4.56. The predicted molar refractivity (Wildman–Crippen MR) is 119 cm³/mol. The van der Waals surface area contributed by atoms with E-state index < -0.39 is 5.97 Å². The zero-order chi connectivity index (χ0) is 21.2. The van der Waals surface area contributed by atoms with Crippen molar-refractivity contribution in [3.8, 4) is 5.75 Å². The van der Waals surface area contributed by atoms with Gasteiger partial charge in [0.1, 0.15) is 11.9 Å². The number of aliphatic carboxylic acids is 1. The first-order chi connectivity index (χ1) is 15.2. The molecular weight excluding hydrogens is 388 g/mol. The van der Waals surface area contributed by atoms with Gasteiger partial charge in [0.2, 0.25) is 0 Å². The van der Waals surface area contributed by atoms with E-state index in [1.807, 2.05) is 42.6 Å². The van der Waals surface area contributed by atoms with E-state index in [2.05, 4.69) is 40.5 Å². The van der Waals surface area contributed by atoms with Crippen molar-refractivity contribution in [3.05, 3.63) is 95.2 Å². The molecule has 0 aliphatic heterocycles. The summed E-state index contributed by atoms with van der Waals surface area (Å²) >= 11 is 0. The molecule has 0 saturated heterocycles. The Labute approximate surface area is 180 Å². The molecule has 0 radical (unpaired) electrons. The maximum absolute atomic E-state index is 11.2. The monoisotopic (exact) mass is 412 g/mol. The number of nitrogens with one attached hydrogen (secondary N) is 1. The third-order valence-corrected chi connectivity index (χ3v) is 6.12. The summed E-state index contributed by atoms with van der Waals surface area (Å²) in [6.07, 6.45) is 4.41. The van der Waals surface area contributed by atoms with Gasteiger partial charge in [0.15, 0.2) is 0 Å². The number of hydrogen-bond acceptors (Lipinski definition) is 3. The van der Waals surface area contributed by atoms with Gasteiger partial charge in [0, 0.05) is 11.8 Å². The van der Waals surface area contributed by atoms with Gasteiger partial charge in [-0.1, -0.05) is 42.5 Å². The second kappa shape index (κ2) is 8.26. The number of fused-ring (bicyclic) bond motifs is 2. The number of ether oxygens (including phenoxy) is 1. The van der Waals surface area contributed by atoms with Gasteiger partial charge in [-0.3, -0.25) is 9.89 Å². The molecule has 0 saturated carbocycles. The van der Waals surface area contributed by atoms with Crippen molar-refractivity contribution in [1.29, 1.82) is 0 Å². The number of H-pyrrole nitrogens is 1. The van der Waals surface area contributed by atoms with E-state index in [4.69, 9.17) is 9.84 Å². The van der Waals surface area contributed by atoms with E-state index in [0.29, 0.717) is 0 Å². The van der Waals surface area contributed by atoms with Crippen molar-refractivity contribution >= 4 is 16.9 Å². The summed E-state index contributed by atoms with van der Waals surface area (Å²) in [4.78, 5) is 11.2. The number of carboxylic acids is 1. The van der Waals surface area contributed by atoms with Crippen LogP contribution < -0.4 is 4.74 Å². The predicted octanol–water partition coefficient (Wildman–Crippen LogP) is 5.43. The molecule has 2 atom stereocenters. The molecule has 5 rings (SSSR count). The van der Waals surface area contributed by atoms with Crippen molar-refractivity contribution in [2.75, 3.05) is 0 Å². The Hall–Kier alpha value is -3.60. The number of carboxylic acid groups (broad SMARTS) is 1.